The maximum absolute atomic E-state index is 6.07. The Hall–Kier alpha value is -5.09. The van der Waals surface area contributed by atoms with E-state index in [1.807, 2.05) is 48.5 Å². The van der Waals surface area contributed by atoms with E-state index in [2.05, 4.69) is 89.5 Å². The van der Waals surface area contributed by atoms with Crippen LogP contribution in [0.1, 0.15) is 11.1 Å². The second-order valence-corrected chi connectivity index (χ2v) is 8.98. The fraction of sp³-hybridized carbons (Fsp3) is 0.0294. The van der Waals surface area contributed by atoms with E-state index in [1.165, 1.54) is 11.1 Å². The highest BCUT2D eigenvalue weighted by Gasteiger charge is 2.12. The van der Waals surface area contributed by atoms with E-state index < -0.39 is 0 Å². The Morgan fingerprint density at radius 1 is 0.553 bits per heavy atom. The van der Waals surface area contributed by atoms with Gasteiger partial charge in [-0.2, -0.15) is 0 Å². The second-order valence-electron chi connectivity index (χ2n) is 8.98. The SMILES string of the molecule is C=NC(=NC(=NC)c1ccc2c(c1)oc1ccccc12)c1cccc(-c2cccc(-c3ccccc3)c2)c1. The lowest BCUT2D eigenvalue weighted by Gasteiger charge is -2.09. The van der Waals surface area contributed by atoms with Crippen molar-refractivity contribution in [2.45, 2.75) is 0 Å². The highest BCUT2D eigenvalue weighted by atomic mass is 16.3. The molecule has 0 spiro atoms. The summed E-state index contributed by atoms with van der Waals surface area (Å²) in [5.74, 6) is 1.07. The van der Waals surface area contributed by atoms with Gasteiger partial charge >= 0.3 is 0 Å². The smallest absolute Gasteiger partial charge is 0.161 e. The average Bonchev–Trinajstić information content (AvgIpc) is 3.36. The van der Waals surface area contributed by atoms with E-state index in [-0.39, 0.29) is 0 Å². The maximum Gasteiger partial charge on any atom is 0.161 e. The molecule has 0 amide bonds. The van der Waals surface area contributed by atoms with Gasteiger partial charge in [0.05, 0.1) is 0 Å². The van der Waals surface area contributed by atoms with Crippen LogP contribution in [0.5, 0.6) is 0 Å². The predicted octanol–water partition coefficient (Wildman–Crippen LogP) is 8.44. The summed E-state index contributed by atoms with van der Waals surface area (Å²) in [6.07, 6.45) is 0. The summed E-state index contributed by atoms with van der Waals surface area (Å²) in [4.78, 5) is 13.5. The van der Waals surface area contributed by atoms with Gasteiger partial charge in [0.25, 0.3) is 0 Å². The summed E-state index contributed by atoms with van der Waals surface area (Å²) in [6.45, 7) is 3.80. The number of para-hydroxylation sites is 1. The third kappa shape index (κ3) is 4.44. The fourth-order valence-electron chi connectivity index (χ4n) is 4.75. The van der Waals surface area contributed by atoms with Crippen LogP contribution < -0.4 is 0 Å². The minimum absolute atomic E-state index is 0.511. The molecule has 4 nitrogen and oxygen atoms in total. The Labute approximate surface area is 221 Å². The highest BCUT2D eigenvalue weighted by molar-refractivity contribution is 6.14. The lowest BCUT2D eigenvalue weighted by atomic mass is 9.98. The van der Waals surface area contributed by atoms with Crippen molar-refractivity contribution < 1.29 is 4.42 Å². The van der Waals surface area contributed by atoms with Crippen LogP contribution in [-0.2, 0) is 0 Å². The van der Waals surface area contributed by atoms with Crippen LogP contribution in [0.15, 0.2) is 141 Å². The first-order valence-electron chi connectivity index (χ1n) is 12.4. The van der Waals surface area contributed by atoms with Gasteiger partial charge in [0, 0.05) is 28.9 Å². The third-order valence-corrected chi connectivity index (χ3v) is 6.63. The number of rotatable bonds is 4. The molecule has 0 saturated heterocycles. The molecule has 182 valence electrons. The Balaban J connectivity index is 1.35. The molecule has 0 atom stereocenters. The molecule has 0 saturated carbocycles. The van der Waals surface area contributed by atoms with E-state index in [1.54, 1.807) is 7.05 Å². The first-order valence-corrected chi connectivity index (χ1v) is 12.4. The number of nitrogens with zero attached hydrogens (tertiary/aromatic N) is 3. The Morgan fingerprint density at radius 3 is 1.97 bits per heavy atom. The van der Waals surface area contributed by atoms with Crippen LogP contribution >= 0.6 is 0 Å². The lowest BCUT2D eigenvalue weighted by molar-refractivity contribution is 0.669. The van der Waals surface area contributed by atoms with E-state index in [9.17, 15) is 0 Å². The normalized spacial score (nSPS) is 12.2. The second kappa shape index (κ2) is 10.1. The summed E-state index contributed by atoms with van der Waals surface area (Å²) in [6, 6.07) is 41.2. The topological polar surface area (TPSA) is 50.2 Å². The maximum atomic E-state index is 6.07. The van der Waals surface area contributed by atoms with Gasteiger partial charge in [-0.05, 0) is 59.3 Å². The van der Waals surface area contributed by atoms with Crippen LogP contribution in [-0.4, -0.2) is 25.4 Å². The molecule has 0 unspecified atom stereocenters. The summed E-state index contributed by atoms with van der Waals surface area (Å²) in [5, 5.41) is 2.16. The third-order valence-electron chi connectivity index (χ3n) is 6.63. The van der Waals surface area contributed by atoms with E-state index >= 15 is 0 Å². The number of hydrogen-bond acceptors (Lipinski definition) is 2. The highest BCUT2D eigenvalue weighted by Crippen LogP contribution is 2.30. The molecule has 1 heterocycles. The predicted molar refractivity (Wildman–Crippen MR) is 160 cm³/mol. The molecular formula is C34H25N3O. The number of hydrogen-bond donors (Lipinski definition) is 0. The zero-order valence-corrected chi connectivity index (χ0v) is 21.0. The zero-order chi connectivity index (χ0) is 25.9. The van der Waals surface area contributed by atoms with E-state index in [0.717, 1.165) is 44.2 Å². The van der Waals surface area contributed by atoms with Crippen molar-refractivity contribution in [2.75, 3.05) is 7.05 Å². The van der Waals surface area contributed by atoms with Gasteiger partial charge in [-0.1, -0.05) is 91.0 Å². The quantitative estimate of drug-likeness (QED) is 0.180. The molecule has 6 rings (SSSR count). The van der Waals surface area contributed by atoms with Gasteiger partial charge in [0.2, 0.25) is 0 Å². The van der Waals surface area contributed by atoms with Gasteiger partial charge in [0.15, 0.2) is 11.7 Å². The minimum Gasteiger partial charge on any atom is -0.456 e. The monoisotopic (exact) mass is 491 g/mol. The van der Waals surface area contributed by atoms with Crippen LogP contribution in [0.4, 0.5) is 0 Å². The Morgan fingerprint density at radius 2 is 1.18 bits per heavy atom. The van der Waals surface area contributed by atoms with Gasteiger partial charge in [-0.15, -0.1) is 0 Å². The molecule has 6 aromatic rings. The van der Waals surface area contributed by atoms with Crippen molar-refractivity contribution in [1.29, 1.82) is 0 Å². The molecule has 0 aliphatic carbocycles. The Bertz CT molecular complexity index is 1840. The summed E-state index contributed by atoms with van der Waals surface area (Å²) in [7, 11) is 1.73. The van der Waals surface area contributed by atoms with Gasteiger partial charge in [-0.25, -0.2) is 9.98 Å². The molecule has 0 fully saturated rings. The molecule has 38 heavy (non-hydrogen) atoms. The van der Waals surface area contributed by atoms with Crippen molar-refractivity contribution in [3.63, 3.8) is 0 Å². The molecule has 1 aromatic heterocycles. The molecule has 4 heteroatoms. The average molecular weight is 492 g/mol. The molecule has 0 bridgehead atoms. The molecule has 5 aromatic carbocycles. The van der Waals surface area contributed by atoms with Crippen molar-refractivity contribution in [2.24, 2.45) is 15.0 Å². The summed E-state index contributed by atoms with van der Waals surface area (Å²) in [5.41, 5.74) is 7.94. The Kier molecular flexibility index (Phi) is 6.20. The molecule has 0 aliphatic rings. The molecular weight excluding hydrogens is 466 g/mol. The number of amidine groups is 2. The summed E-state index contributed by atoms with van der Waals surface area (Å²) < 4.78 is 6.07. The van der Waals surface area contributed by atoms with Gasteiger partial charge in [-0.3, -0.25) is 4.99 Å². The van der Waals surface area contributed by atoms with Crippen molar-refractivity contribution >= 4 is 40.3 Å². The van der Waals surface area contributed by atoms with Crippen LogP contribution in [0.25, 0.3) is 44.2 Å². The van der Waals surface area contributed by atoms with E-state index in [0.29, 0.717) is 11.7 Å². The number of benzene rings is 5. The van der Waals surface area contributed by atoms with Crippen LogP contribution in [0.3, 0.4) is 0 Å². The van der Waals surface area contributed by atoms with E-state index in [4.69, 9.17) is 9.41 Å². The van der Waals surface area contributed by atoms with Crippen molar-refractivity contribution in [3.8, 4) is 22.3 Å². The van der Waals surface area contributed by atoms with Crippen LogP contribution in [0, 0.1) is 0 Å². The van der Waals surface area contributed by atoms with Crippen molar-refractivity contribution in [3.05, 3.63) is 132 Å². The zero-order valence-electron chi connectivity index (χ0n) is 21.0. The number of fused-ring (bicyclic) bond motifs is 3. The lowest BCUT2D eigenvalue weighted by Crippen LogP contribution is -2.05. The fourth-order valence-corrected chi connectivity index (χ4v) is 4.75. The van der Waals surface area contributed by atoms with Gasteiger partial charge in [0.1, 0.15) is 11.2 Å². The number of furan rings is 1. The standard InChI is InChI=1S/C34H25N3O/c1-35-33(37-34(36-2)28-18-19-30-29-16-6-7-17-31(29)38-32(30)22-28)27-15-9-14-26(21-27)25-13-8-12-24(20-25)23-10-4-3-5-11-23/h3-22H,1H2,2H3. The molecule has 0 N–H and O–H groups in total. The molecule has 0 aliphatic heterocycles. The van der Waals surface area contributed by atoms with Crippen LogP contribution in [0.2, 0.25) is 0 Å². The van der Waals surface area contributed by atoms with Gasteiger partial charge < -0.3 is 4.42 Å². The number of aliphatic imine (C=N–C) groups is 3. The molecule has 0 radical (unpaired) electrons. The first-order chi connectivity index (χ1) is 18.7. The van der Waals surface area contributed by atoms with Crippen molar-refractivity contribution in [1.82, 2.24) is 0 Å². The first kappa shape index (κ1) is 23.3. The largest absolute Gasteiger partial charge is 0.456 e. The summed E-state index contributed by atoms with van der Waals surface area (Å²) >= 11 is 0. The minimum atomic E-state index is 0.511.